The van der Waals surface area contributed by atoms with Crippen molar-refractivity contribution in [1.82, 2.24) is 9.80 Å². The van der Waals surface area contributed by atoms with Crippen LogP contribution in [0.25, 0.3) is 0 Å². The summed E-state index contributed by atoms with van der Waals surface area (Å²) < 4.78 is 0. The minimum absolute atomic E-state index is 0.327. The Labute approximate surface area is 75.0 Å². The highest BCUT2D eigenvalue weighted by molar-refractivity contribution is 4.78. The van der Waals surface area contributed by atoms with Gasteiger partial charge in [0.25, 0.3) is 0 Å². The Kier molecular flexibility index (Phi) is 3.98. The largest absolute Gasteiger partial charge is 0.395 e. The molecule has 3 heteroatoms. The third-order valence-electron chi connectivity index (χ3n) is 2.54. The Morgan fingerprint density at radius 2 is 2.25 bits per heavy atom. The van der Waals surface area contributed by atoms with Gasteiger partial charge in [-0.05, 0) is 33.5 Å². The molecule has 0 saturated carbocycles. The standard InChI is InChI=1S/C9H20N2O/c1-10(2)6-7-11-5-3-4-9(11)8-12/h9,12H,3-8H2,1-2H3. The van der Waals surface area contributed by atoms with E-state index in [0.29, 0.717) is 12.6 Å². The number of likely N-dealkylation sites (tertiary alicyclic amines) is 1. The van der Waals surface area contributed by atoms with Crippen molar-refractivity contribution in [3.8, 4) is 0 Å². The first kappa shape index (κ1) is 9.96. The van der Waals surface area contributed by atoms with Gasteiger partial charge >= 0.3 is 0 Å². The molecule has 1 N–H and O–H groups in total. The summed E-state index contributed by atoms with van der Waals surface area (Å²) in [5, 5.41) is 9.05. The van der Waals surface area contributed by atoms with Crippen LogP contribution in [0.4, 0.5) is 0 Å². The van der Waals surface area contributed by atoms with Crippen LogP contribution in [0.1, 0.15) is 12.8 Å². The predicted octanol–water partition coefficient (Wildman–Crippen LogP) is 0.00470. The number of aliphatic hydroxyl groups is 1. The second-order valence-electron chi connectivity index (χ2n) is 3.82. The fourth-order valence-corrected chi connectivity index (χ4v) is 1.72. The van der Waals surface area contributed by atoms with Gasteiger partial charge in [-0.15, -0.1) is 0 Å². The highest BCUT2D eigenvalue weighted by Gasteiger charge is 2.22. The van der Waals surface area contributed by atoms with Crippen LogP contribution in [-0.4, -0.2) is 61.3 Å². The minimum Gasteiger partial charge on any atom is -0.395 e. The quantitative estimate of drug-likeness (QED) is 0.647. The average molecular weight is 172 g/mol. The molecular weight excluding hydrogens is 152 g/mol. The summed E-state index contributed by atoms with van der Waals surface area (Å²) in [7, 11) is 4.17. The lowest BCUT2D eigenvalue weighted by Crippen LogP contribution is -2.37. The molecule has 0 aromatic rings. The highest BCUT2D eigenvalue weighted by Crippen LogP contribution is 2.15. The molecule has 3 nitrogen and oxygen atoms in total. The maximum absolute atomic E-state index is 9.05. The van der Waals surface area contributed by atoms with Crippen molar-refractivity contribution in [2.45, 2.75) is 18.9 Å². The number of likely N-dealkylation sites (N-methyl/N-ethyl adjacent to an activating group) is 1. The van der Waals surface area contributed by atoms with E-state index in [4.69, 9.17) is 5.11 Å². The van der Waals surface area contributed by atoms with Crippen molar-refractivity contribution in [3.63, 3.8) is 0 Å². The molecule has 0 radical (unpaired) electrons. The van der Waals surface area contributed by atoms with Gasteiger partial charge in [0, 0.05) is 19.1 Å². The molecule has 0 bridgehead atoms. The number of nitrogens with zero attached hydrogens (tertiary/aromatic N) is 2. The smallest absolute Gasteiger partial charge is 0.0586 e. The molecule has 0 spiro atoms. The zero-order valence-electron chi connectivity index (χ0n) is 8.16. The molecule has 1 saturated heterocycles. The molecule has 1 aliphatic heterocycles. The maximum Gasteiger partial charge on any atom is 0.0586 e. The number of aliphatic hydroxyl groups excluding tert-OH is 1. The van der Waals surface area contributed by atoms with Crippen LogP contribution < -0.4 is 0 Å². The first-order valence-corrected chi connectivity index (χ1v) is 4.73. The van der Waals surface area contributed by atoms with E-state index in [-0.39, 0.29) is 0 Å². The third-order valence-corrected chi connectivity index (χ3v) is 2.54. The van der Waals surface area contributed by atoms with Crippen LogP contribution in [0.3, 0.4) is 0 Å². The Morgan fingerprint density at radius 1 is 1.50 bits per heavy atom. The van der Waals surface area contributed by atoms with Crippen LogP contribution >= 0.6 is 0 Å². The first-order valence-electron chi connectivity index (χ1n) is 4.73. The van der Waals surface area contributed by atoms with Crippen molar-refractivity contribution in [1.29, 1.82) is 0 Å². The molecule has 1 rings (SSSR count). The molecule has 1 unspecified atom stereocenters. The molecular formula is C9H20N2O. The fourth-order valence-electron chi connectivity index (χ4n) is 1.72. The normalized spacial score (nSPS) is 25.5. The Morgan fingerprint density at radius 3 is 2.83 bits per heavy atom. The second kappa shape index (κ2) is 4.80. The maximum atomic E-state index is 9.05. The van der Waals surface area contributed by atoms with Crippen molar-refractivity contribution < 1.29 is 5.11 Å². The molecule has 12 heavy (non-hydrogen) atoms. The predicted molar refractivity (Wildman–Crippen MR) is 50.2 cm³/mol. The Hall–Kier alpha value is -0.120. The lowest BCUT2D eigenvalue weighted by Gasteiger charge is -2.24. The van der Waals surface area contributed by atoms with Gasteiger partial charge in [0.2, 0.25) is 0 Å². The molecule has 0 amide bonds. The topological polar surface area (TPSA) is 26.7 Å². The summed E-state index contributed by atoms with van der Waals surface area (Å²) >= 11 is 0. The number of hydrogen-bond donors (Lipinski definition) is 1. The van der Waals surface area contributed by atoms with Gasteiger partial charge in [-0.25, -0.2) is 0 Å². The molecule has 1 fully saturated rings. The van der Waals surface area contributed by atoms with Crippen molar-refractivity contribution >= 4 is 0 Å². The van der Waals surface area contributed by atoms with E-state index in [1.807, 2.05) is 0 Å². The zero-order chi connectivity index (χ0) is 8.97. The Balaban J connectivity index is 2.21. The molecule has 72 valence electrons. The van der Waals surface area contributed by atoms with E-state index in [2.05, 4.69) is 23.9 Å². The molecule has 0 aromatic carbocycles. The van der Waals surface area contributed by atoms with E-state index in [1.54, 1.807) is 0 Å². The van der Waals surface area contributed by atoms with Crippen LogP contribution in [0, 0.1) is 0 Å². The molecule has 0 aliphatic carbocycles. The van der Waals surface area contributed by atoms with Gasteiger partial charge < -0.3 is 10.0 Å². The summed E-state index contributed by atoms with van der Waals surface area (Å²) in [6.07, 6.45) is 2.42. The van der Waals surface area contributed by atoms with Gasteiger partial charge in [-0.3, -0.25) is 4.90 Å². The van der Waals surface area contributed by atoms with E-state index in [9.17, 15) is 0 Å². The van der Waals surface area contributed by atoms with Gasteiger partial charge in [0.15, 0.2) is 0 Å². The molecule has 1 heterocycles. The lowest BCUT2D eigenvalue weighted by atomic mass is 10.2. The average Bonchev–Trinajstić information content (AvgIpc) is 2.47. The monoisotopic (exact) mass is 172 g/mol. The van der Waals surface area contributed by atoms with E-state index < -0.39 is 0 Å². The SMILES string of the molecule is CN(C)CCN1CCCC1CO. The molecule has 0 aromatic heterocycles. The van der Waals surface area contributed by atoms with Gasteiger partial charge in [0.05, 0.1) is 6.61 Å². The van der Waals surface area contributed by atoms with Crippen LogP contribution in [0.15, 0.2) is 0 Å². The van der Waals surface area contributed by atoms with Crippen molar-refractivity contribution in [3.05, 3.63) is 0 Å². The number of hydrogen-bond acceptors (Lipinski definition) is 3. The van der Waals surface area contributed by atoms with Gasteiger partial charge in [0.1, 0.15) is 0 Å². The fraction of sp³-hybridized carbons (Fsp3) is 1.00. The van der Waals surface area contributed by atoms with Crippen molar-refractivity contribution in [2.75, 3.05) is 40.3 Å². The highest BCUT2D eigenvalue weighted by atomic mass is 16.3. The van der Waals surface area contributed by atoms with E-state index in [1.165, 1.54) is 19.4 Å². The van der Waals surface area contributed by atoms with Crippen LogP contribution in [0.5, 0.6) is 0 Å². The summed E-state index contributed by atoms with van der Waals surface area (Å²) in [6, 6.07) is 0.435. The summed E-state index contributed by atoms with van der Waals surface area (Å²) in [6.45, 7) is 3.68. The van der Waals surface area contributed by atoms with E-state index in [0.717, 1.165) is 13.1 Å². The lowest BCUT2D eigenvalue weighted by molar-refractivity contribution is 0.150. The minimum atomic E-state index is 0.327. The van der Waals surface area contributed by atoms with Gasteiger partial charge in [-0.2, -0.15) is 0 Å². The third kappa shape index (κ3) is 2.73. The van der Waals surface area contributed by atoms with Crippen LogP contribution in [0.2, 0.25) is 0 Å². The Bertz CT molecular complexity index is 128. The van der Waals surface area contributed by atoms with Crippen LogP contribution in [-0.2, 0) is 0 Å². The summed E-state index contributed by atoms with van der Waals surface area (Å²) in [4.78, 5) is 4.58. The van der Waals surface area contributed by atoms with E-state index >= 15 is 0 Å². The molecule has 1 aliphatic rings. The molecule has 1 atom stereocenters. The summed E-state index contributed by atoms with van der Waals surface area (Å²) in [5.74, 6) is 0. The number of rotatable bonds is 4. The zero-order valence-corrected chi connectivity index (χ0v) is 8.16. The summed E-state index contributed by atoms with van der Waals surface area (Å²) in [5.41, 5.74) is 0. The first-order chi connectivity index (χ1) is 5.74. The van der Waals surface area contributed by atoms with Gasteiger partial charge in [-0.1, -0.05) is 0 Å². The van der Waals surface area contributed by atoms with Crippen molar-refractivity contribution in [2.24, 2.45) is 0 Å². The second-order valence-corrected chi connectivity index (χ2v) is 3.82.